The third kappa shape index (κ3) is 3.85. The molecule has 8 nitrogen and oxygen atoms in total. The highest BCUT2D eigenvalue weighted by atomic mass is 19.1. The normalized spacial score (nSPS) is 10.6. The number of anilines is 1. The molecule has 0 aliphatic heterocycles. The monoisotopic (exact) mass is 391 g/mol. The Morgan fingerprint density at radius 3 is 2.61 bits per heavy atom. The Labute approximate surface area is 157 Å². The summed E-state index contributed by atoms with van der Waals surface area (Å²) >= 11 is 0. The fraction of sp³-hybridized carbons (Fsp3) is 0.167. The summed E-state index contributed by atoms with van der Waals surface area (Å²) in [5.74, 6) is -2.29. The topological polar surface area (TPSA) is 95.6 Å². The highest BCUT2D eigenvalue weighted by Crippen LogP contribution is 2.31. The number of hydrogen-bond acceptors (Lipinski definition) is 6. The number of amides is 1. The molecular formula is C18H15F2N3O5. The molecule has 0 spiro atoms. The maximum absolute atomic E-state index is 13.7. The summed E-state index contributed by atoms with van der Waals surface area (Å²) in [6, 6.07) is 7.38. The van der Waals surface area contributed by atoms with Crippen molar-refractivity contribution in [1.29, 1.82) is 0 Å². The van der Waals surface area contributed by atoms with Gasteiger partial charge in [-0.25, -0.2) is 18.1 Å². The van der Waals surface area contributed by atoms with E-state index in [1.165, 1.54) is 14.2 Å². The van der Waals surface area contributed by atoms with Gasteiger partial charge in [-0.1, -0.05) is 5.16 Å². The van der Waals surface area contributed by atoms with Crippen LogP contribution in [0.25, 0.3) is 11.4 Å². The lowest BCUT2D eigenvalue weighted by Gasteiger charge is -2.10. The van der Waals surface area contributed by atoms with Gasteiger partial charge in [-0.2, -0.15) is 0 Å². The molecule has 0 bridgehead atoms. The van der Waals surface area contributed by atoms with Gasteiger partial charge >= 0.3 is 5.76 Å². The minimum Gasteiger partial charge on any atom is -0.493 e. The van der Waals surface area contributed by atoms with Crippen molar-refractivity contribution < 1.29 is 27.6 Å². The van der Waals surface area contributed by atoms with Crippen molar-refractivity contribution in [1.82, 2.24) is 9.72 Å². The second-order valence-electron chi connectivity index (χ2n) is 5.60. The molecule has 0 saturated heterocycles. The van der Waals surface area contributed by atoms with E-state index in [4.69, 9.17) is 9.47 Å². The molecule has 1 N–H and O–H groups in total. The molecular weight excluding hydrogens is 376 g/mol. The van der Waals surface area contributed by atoms with E-state index < -0.39 is 29.8 Å². The smallest absolute Gasteiger partial charge is 0.442 e. The fourth-order valence-corrected chi connectivity index (χ4v) is 2.52. The summed E-state index contributed by atoms with van der Waals surface area (Å²) < 4.78 is 42.9. The van der Waals surface area contributed by atoms with E-state index in [1.807, 2.05) is 0 Å². The predicted molar refractivity (Wildman–Crippen MR) is 94.3 cm³/mol. The number of ether oxygens (including phenoxy) is 2. The lowest BCUT2D eigenvalue weighted by molar-refractivity contribution is -0.116. The molecule has 0 atom stereocenters. The second-order valence-corrected chi connectivity index (χ2v) is 5.60. The maximum Gasteiger partial charge on any atom is 0.442 e. The van der Waals surface area contributed by atoms with Crippen molar-refractivity contribution in [2.75, 3.05) is 19.5 Å². The Balaban J connectivity index is 1.88. The number of halogens is 2. The van der Waals surface area contributed by atoms with Crippen molar-refractivity contribution in [3.05, 3.63) is 58.6 Å². The van der Waals surface area contributed by atoms with Crippen LogP contribution in [0.4, 0.5) is 14.5 Å². The minimum absolute atomic E-state index is 0.0563. The number of carbonyl (C=O) groups excluding carboxylic acids is 1. The average Bonchev–Trinajstić information content (AvgIpc) is 3.04. The van der Waals surface area contributed by atoms with Crippen molar-refractivity contribution in [2.24, 2.45) is 0 Å². The van der Waals surface area contributed by atoms with Crippen molar-refractivity contribution in [2.45, 2.75) is 6.54 Å². The number of rotatable bonds is 6. The van der Waals surface area contributed by atoms with Gasteiger partial charge in [-0.15, -0.1) is 0 Å². The van der Waals surface area contributed by atoms with E-state index in [9.17, 15) is 18.4 Å². The number of aromatic nitrogens is 2. The van der Waals surface area contributed by atoms with Crippen LogP contribution in [0.2, 0.25) is 0 Å². The number of nitrogens with zero attached hydrogens (tertiary/aromatic N) is 2. The number of hydrogen-bond donors (Lipinski definition) is 1. The summed E-state index contributed by atoms with van der Waals surface area (Å²) in [7, 11) is 2.91. The lowest BCUT2D eigenvalue weighted by atomic mass is 10.2. The number of benzene rings is 2. The molecule has 28 heavy (non-hydrogen) atoms. The molecule has 1 amide bonds. The largest absolute Gasteiger partial charge is 0.493 e. The Hall–Kier alpha value is -3.69. The van der Waals surface area contributed by atoms with Gasteiger partial charge < -0.3 is 14.8 Å². The van der Waals surface area contributed by atoms with E-state index >= 15 is 0 Å². The second kappa shape index (κ2) is 7.91. The Kier molecular flexibility index (Phi) is 5.39. The summed E-state index contributed by atoms with van der Waals surface area (Å²) in [4.78, 5) is 24.2. The van der Waals surface area contributed by atoms with Gasteiger partial charge in [0, 0.05) is 11.6 Å². The van der Waals surface area contributed by atoms with Crippen molar-refractivity contribution in [3.63, 3.8) is 0 Å². The molecule has 1 aromatic heterocycles. The maximum atomic E-state index is 13.7. The average molecular weight is 391 g/mol. The van der Waals surface area contributed by atoms with E-state index in [2.05, 4.69) is 15.0 Å². The van der Waals surface area contributed by atoms with Gasteiger partial charge in [0.2, 0.25) is 5.91 Å². The van der Waals surface area contributed by atoms with Gasteiger partial charge in [-0.05, 0) is 30.3 Å². The highest BCUT2D eigenvalue weighted by Gasteiger charge is 2.18. The lowest BCUT2D eigenvalue weighted by Crippen LogP contribution is -2.26. The molecule has 0 radical (unpaired) electrons. The van der Waals surface area contributed by atoms with Crippen LogP contribution in [-0.2, 0) is 11.3 Å². The Bertz CT molecular complexity index is 1080. The first kappa shape index (κ1) is 19.1. The molecule has 3 aromatic rings. The molecule has 3 rings (SSSR count). The van der Waals surface area contributed by atoms with Gasteiger partial charge in [0.25, 0.3) is 0 Å². The summed E-state index contributed by atoms with van der Waals surface area (Å²) in [5.41, 5.74) is 0.0791. The zero-order valence-corrected chi connectivity index (χ0v) is 14.9. The van der Waals surface area contributed by atoms with Crippen LogP contribution < -0.4 is 20.5 Å². The number of carbonyl (C=O) groups is 1. The summed E-state index contributed by atoms with van der Waals surface area (Å²) in [6.07, 6.45) is 0. The standard InChI is InChI=1S/C18H15F2N3O5/c1-26-14-6-3-10(7-15(14)27-2)17-22-28-18(25)23(17)9-16(24)21-13-8-11(19)4-5-12(13)20/h3-8H,9H2,1-2H3,(H,21,24). The minimum atomic E-state index is -0.889. The quantitative estimate of drug-likeness (QED) is 0.694. The number of nitrogens with one attached hydrogen (secondary N) is 1. The third-order valence-electron chi connectivity index (χ3n) is 3.83. The van der Waals surface area contributed by atoms with Gasteiger partial charge in [0.1, 0.15) is 18.2 Å². The first-order chi connectivity index (χ1) is 13.4. The van der Waals surface area contributed by atoms with Gasteiger partial charge in [0.05, 0.1) is 19.9 Å². The number of methoxy groups -OCH3 is 2. The van der Waals surface area contributed by atoms with Crippen LogP contribution in [0.3, 0.4) is 0 Å². The zero-order chi connectivity index (χ0) is 20.3. The third-order valence-corrected chi connectivity index (χ3v) is 3.83. The molecule has 2 aromatic carbocycles. The van der Waals surface area contributed by atoms with Crippen LogP contribution in [0.5, 0.6) is 11.5 Å². The molecule has 0 unspecified atom stereocenters. The summed E-state index contributed by atoms with van der Waals surface area (Å²) in [5, 5.41) is 5.88. The van der Waals surface area contributed by atoms with Crippen LogP contribution in [0, 0.1) is 11.6 Å². The van der Waals surface area contributed by atoms with Crippen molar-refractivity contribution in [3.8, 4) is 22.9 Å². The molecule has 10 heteroatoms. The molecule has 0 saturated carbocycles. The van der Waals surface area contributed by atoms with Crippen LogP contribution in [0.1, 0.15) is 0 Å². The van der Waals surface area contributed by atoms with Crippen LogP contribution in [-0.4, -0.2) is 29.9 Å². The first-order valence-electron chi connectivity index (χ1n) is 7.96. The van der Waals surface area contributed by atoms with Crippen molar-refractivity contribution >= 4 is 11.6 Å². The molecule has 146 valence electrons. The molecule has 0 aliphatic rings. The zero-order valence-electron chi connectivity index (χ0n) is 14.9. The molecule has 0 fully saturated rings. The highest BCUT2D eigenvalue weighted by molar-refractivity contribution is 5.91. The Morgan fingerprint density at radius 2 is 1.89 bits per heavy atom. The van der Waals surface area contributed by atoms with E-state index in [-0.39, 0.29) is 11.5 Å². The molecule has 0 aliphatic carbocycles. The van der Waals surface area contributed by atoms with E-state index in [1.54, 1.807) is 18.2 Å². The van der Waals surface area contributed by atoms with Crippen LogP contribution in [0.15, 0.2) is 45.7 Å². The van der Waals surface area contributed by atoms with Crippen LogP contribution >= 0.6 is 0 Å². The van der Waals surface area contributed by atoms with E-state index in [0.717, 1.165) is 22.8 Å². The summed E-state index contributed by atoms with van der Waals surface area (Å²) in [6.45, 7) is -0.526. The fourth-order valence-electron chi connectivity index (χ4n) is 2.52. The SMILES string of the molecule is COc1ccc(-c2noc(=O)n2CC(=O)Nc2cc(F)ccc2F)cc1OC. The Morgan fingerprint density at radius 1 is 1.14 bits per heavy atom. The van der Waals surface area contributed by atoms with Gasteiger partial charge in [-0.3, -0.25) is 9.32 Å². The van der Waals surface area contributed by atoms with Gasteiger partial charge in [0.15, 0.2) is 17.3 Å². The molecule has 1 heterocycles. The van der Waals surface area contributed by atoms with E-state index in [0.29, 0.717) is 17.1 Å². The predicted octanol–water partition coefficient (Wildman–Crippen LogP) is 2.44. The first-order valence-corrected chi connectivity index (χ1v) is 7.96.